The van der Waals surface area contributed by atoms with Crippen LogP contribution in [-0.4, -0.2) is 75.4 Å². The Morgan fingerprint density at radius 3 is 2.61 bits per heavy atom. The molecular weight excluding hydrogens is 611 g/mol. The van der Waals surface area contributed by atoms with Crippen molar-refractivity contribution >= 4 is 25.2 Å². The molecule has 252 valence electrons. The highest BCUT2D eigenvalue weighted by Gasteiger charge is 2.68. The third kappa shape index (κ3) is 6.55. The lowest BCUT2D eigenvalue weighted by atomic mass is 9.46. The molecule has 0 spiro atoms. The second kappa shape index (κ2) is 13.1. The number of phosphoric acid groups is 1. The van der Waals surface area contributed by atoms with Gasteiger partial charge in [-0.15, -0.1) is 0 Å². The summed E-state index contributed by atoms with van der Waals surface area (Å²) < 4.78 is 21.2. The van der Waals surface area contributed by atoms with Gasteiger partial charge in [-0.1, -0.05) is 57.5 Å². The lowest BCUT2D eigenvalue weighted by Gasteiger charge is -2.59. The van der Waals surface area contributed by atoms with Crippen molar-refractivity contribution in [3.8, 4) is 5.75 Å². The predicted octanol–water partition coefficient (Wildman–Crippen LogP) is 3.87. The third-order valence-electron chi connectivity index (χ3n) is 11.1. The van der Waals surface area contributed by atoms with E-state index in [0.29, 0.717) is 18.9 Å². The van der Waals surface area contributed by atoms with E-state index in [1.54, 1.807) is 19.1 Å². The third-order valence-corrected chi connectivity index (χ3v) is 11.6. The molecule has 0 aromatic heterocycles. The van der Waals surface area contributed by atoms with Gasteiger partial charge >= 0.3 is 7.82 Å². The number of aliphatic hydroxyl groups excluding tert-OH is 1. The van der Waals surface area contributed by atoms with Crippen LogP contribution in [0.25, 0.3) is 0 Å². The average molecular weight is 659 g/mol. The molecule has 1 heterocycles. The van der Waals surface area contributed by atoms with Crippen molar-refractivity contribution in [1.29, 1.82) is 0 Å². The zero-order chi connectivity index (χ0) is 33.5. The number of para-hydroxylation sites is 1. The highest BCUT2D eigenvalue weighted by Crippen LogP contribution is 2.67. The number of nitrogens with one attached hydrogen (secondary N) is 1. The highest BCUT2D eigenvalue weighted by molar-refractivity contribution is 7.46. The fourth-order valence-electron chi connectivity index (χ4n) is 8.83. The number of aliphatic imine (C=N–C) groups is 1. The Labute approximate surface area is 270 Å². The van der Waals surface area contributed by atoms with Crippen molar-refractivity contribution in [1.82, 2.24) is 5.32 Å². The summed E-state index contributed by atoms with van der Waals surface area (Å²) in [5.74, 6) is 1.52. The van der Waals surface area contributed by atoms with Crippen LogP contribution in [0.15, 0.2) is 53.1 Å². The molecule has 46 heavy (non-hydrogen) atoms. The van der Waals surface area contributed by atoms with Gasteiger partial charge in [0, 0.05) is 23.3 Å². The van der Waals surface area contributed by atoms with Gasteiger partial charge in [0.05, 0.1) is 12.6 Å². The van der Waals surface area contributed by atoms with Gasteiger partial charge < -0.3 is 30.1 Å². The minimum absolute atomic E-state index is 0.0284. The van der Waals surface area contributed by atoms with Gasteiger partial charge in [0.2, 0.25) is 0 Å². The Hall–Kier alpha value is -2.66. The maximum absolute atomic E-state index is 12.8. The molecule has 1 aliphatic heterocycles. The van der Waals surface area contributed by atoms with Gasteiger partial charge in [0.25, 0.3) is 0 Å². The van der Waals surface area contributed by atoms with Crippen LogP contribution >= 0.6 is 7.82 Å². The standard InChI is InChI=1S/C21H29O8P.C13H18N2O/c1-19-7-5-13(22)9-12(19)3-4-14-15-6-8-21(25,17(24)11-29-30(26,27)28)20(15,2)10-16(23)18(14)19;1-10(2)11-5-3-4-6-12(11)16-9-13-14-7-8-15-13/h5,7,9,14-16,18,23,25H,3-4,6,8,10-11H2,1-2H3,(H2,26,27,28);3-6,10H,7-9H2,1-2H3,(H,14,15)/t14-,15-,16-,18+,19-,20-,21-;/m0./s1. The van der Waals surface area contributed by atoms with E-state index in [9.17, 15) is 24.4 Å². The van der Waals surface area contributed by atoms with Crippen LogP contribution in [0.3, 0.4) is 0 Å². The number of Topliss-reactive ketones (excluding diaryl/α,β-unsaturated/α-hetero) is 1. The molecule has 0 amide bonds. The van der Waals surface area contributed by atoms with Crippen LogP contribution in [0.2, 0.25) is 0 Å². The van der Waals surface area contributed by atoms with E-state index in [0.717, 1.165) is 43.1 Å². The second-order valence-electron chi connectivity index (χ2n) is 14.0. The minimum Gasteiger partial charge on any atom is -0.485 e. The van der Waals surface area contributed by atoms with Gasteiger partial charge in [-0.05, 0) is 73.6 Å². The van der Waals surface area contributed by atoms with Crippen molar-refractivity contribution in [3.63, 3.8) is 0 Å². The number of fused-ring (bicyclic) bond motifs is 5. The molecular formula is C34H47N2O9P. The number of hydrogen-bond donors (Lipinski definition) is 5. The number of hydrogen-bond acceptors (Lipinski definition) is 9. The maximum Gasteiger partial charge on any atom is 0.470 e. The van der Waals surface area contributed by atoms with E-state index in [-0.39, 0.29) is 36.4 Å². The molecule has 5 N–H and O–H groups in total. The first-order valence-corrected chi connectivity index (χ1v) is 17.7. The van der Waals surface area contributed by atoms with Crippen molar-refractivity contribution in [2.24, 2.45) is 33.6 Å². The molecule has 0 unspecified atom stereocenters. The molecule has 0 bridgehead atoms. The van der Waals surface area contributed by atoms with E-state index >= 15 is 0 Å². The van der Waals surface area contributed by atoms with Crippen LogP contribution in [0.4, 0.5) is 0 Å². The lowest BCUT2D eigenvalue weighted by molar-refractivity contribution is -0.178. The van der Waals surface area contributed by atoms with Crippen LogP contribution < -0.4 is 10.1 Å². The van der Waals surface area contributed by atoms with E-state index in [1.807, 2.05) is 31.2 Å². The van der Waals surface area contributed by atoms with E-state index in [4.69, 9.17) is 14.5 Å². The highest BCUT2D eigenvalue weighted by atomic mass is 31.2. The van der Waals surface area contributed by atoms with Gasteiger partial charge in [-0.3, -0.25) is 19.1 Å². The van der Waals surface area contributed by atoms with Gasteiger partial charge in [-0.25, -0.2) is 4.57 Å². The lowest BCUT2D eigenvalue weighted by Crippen LogP contribution is -2.61. The number of carbonyl (C=O) groups is 2. The summed E-state index contributed by atoms with van der Waals surface area (Å²) in [6, 6.07) is 8.19. The van der Waals surface area contributed by atoms with Gasteiger partial charge in [-0.2, -0.15) is 0 Å². The molecule has 12 heteroatoms. The van der Waals surface area contributed by atoms with Gasteiger partial charge in [0.15, 0.2) is 11.6 Å². The summed E-state index contributed by atoms with van der Waals surface area (Å²) in [6.07, 6.45) is 6.76. The molecule has 3 saturated carbocycles. The Kier molecular flexibility index (Phi) is 9.87. The average Bonchev–Trinajstić information content (AvgIpc) is 3.61. The number of ketones is 2. The number of ether oxygens (including phenoxy) is 1. The summed E-state index contributed by atoms with van der Waals surface area (Å²) in [6.45, 7) is 9.67. The summed E-state index contributed by atoms with van der Waals surface area (Å²) >= 11 is 0. The first-order chi connectivity index (χ1) is 21.6. The second-order valence-corrected chi connectivity index (χ2v) is 15.3. The Morgan fingerprint density at radius 2 is 1.93 bits per heavy atom. The van der Waals surface area contributed by atoms with Crippen LogP contribution in [-0.2, 0) is 18.7 Å². The number of allylic oxidation sites excluding steroid dienone is 4. The fraction of sp³-hybridized carbons (Fsp3) is 0.618. The normalized spacial score (nSPS) is 34.8. The van der Waals surface area contributed by atoms with Crippen molar-refractivity contribution in [2.45, 2.75) is 77.4 Å². The number of amidine groups is 1. The first kappa shape index (κ1) is 34.7. The van der Waals surface area contributed by atoms with Crippen LogP contribution in [0.5, 0.6) is 5.75 Å². The van der Waals surface area contributed by atoms with Crippen molar-refractivity contribution < 1.29 is 43.4 Å². The summed E-state index contributed by atoms with van der Waals surface area (Å²) in [4.78, 5) is 46.8. The number of nitrogens with zero attached hydrogens (tertiary/aromatic N) is 1. The Bertz CT molecular complexity index is 1480. The molecule has 4 aliphatic carbocycles. The fourth-order valence-corrected chi connectivity index (χ4v) is 9.11. The molecule has 0 saturated heterocycles. The van der Waals surface area contributed by atoms with E-state index < -0.39 is 42.7 Å². The minimum atomic E-state index is -4.84. The van der Waals surface area contributed by atoms with Crippen LogP contribution in [0, 0.1) is 28.6 Å². The van der Waals surface area contributed by atoms with Gasteiger partial charge in [0.1, 0.15) is 30.4 Å². The predicted molar refractivity (Wildman–Crippen MR) is 172 cm³/mol. The molecule has 11 nitrogen and oxygen atoms in total. The number of rotatable bonds is 8. The maximum atomic E-state index is 12.8. The zero-order valence-electron chi connectivity index (χ0n) is 27.0. The topological polar surface area (TPSA) is 175 Å². The van der Waals surface area contributed by atoms with Crippen molar-refractivity contribution in [2.75, 3.05) is 26.3 Å². The Morgan fingerprint density at radius 1 is 1.20 bits per heavy atom. The Balaban J connectivity index is 0.000000219. The number of phosphoric ester groups is 1. The number of aliphatic hydroxyl groups is 2. The zero-order valence-corrected chi connectivity index (χ0v) is 27.9. The van der Waals surface area contributed by atoms with Crippen molar-refractivity contribution in [3.05, 3.63) is 53.6 Å². The molecule has 0 radical (unpaired) electrons. The molecule has 5 aliphatic rings. The van der Waals surface area contributed by atoms with E-state index in [1.165, 1.54) is 5.56 Å². The summed E-state index contributed by atoms with van der Waals surface area (Å²) in [5, 5.41) is 25.8. The summed E-state index contributed by atoms with van der Waals surface area (Å²) in [5.41, 5.74) is -0.895. The monoisotopic (exact) mass is 658 g/mol. The molecule has 1 aromatic rings. The smallest absolute Gasteiger partial charge is 0.470 e. The molecule has 3 fully saturated rings. The summed E-state index contributed by atoms with van der Waals surface area (Å²) in [7, 11) is -4.84. The first-order valence-electron chi connectivity index (χ1n) is 16.2. The molecule has 6 rings (SSSR count). The molecule has 1 aromatic carbocycles. The largest absolute Gasteiger partial charge is 0.485 e. The molecule has 7 atom stereocenters. The van der Waals surface area contributed by atoms with E-state index in [2.05, 4.69) is 34.7 Å². The number of carbonyl (C=O) groups excluding carboxylic acids is 2. The quantitative estimate of drug-likeness (QED) is 0.258. The SMILES string of the molecule is CC(C)c1ccccc1OCC1=NCCN1.C[C@]12C=CC(=O)C=C1CC[C@@H]1[C@@H]2[C@@H](O)C[C@@]2(C)[C@H]1CC[C@]2(O)C(=O)COP(=O)(O)O. The van der Waals surface area contributed by atoms with Crippen LogP contribution in [0.1, 0.15) is 71.3 Å². The number of benzene rings is 1.